The van der Waals surface area contributed by atoms with E-state index in [-0.39, 0.29) is 20.4 Å². The van der Waals surface area contributed by atoms with E-state index < -0.39 is 30.1 Å². The Labute approximate surface area is 164 Å². The van der Waals surface area contributed by atoms with Crippen LogP contribution in [0.5, 0.6) is 0 Å². The lowest BCUT2D eigenvalue weighted by Crippen LogP contribution is -2.20. The van der Waals surface area contributed by atoms with E-state index in [9.17, 15) is 25.3 Å². The fraction of sp³-hybridized carbons (Fsp3) is 0.200. The Bertz CT molecular complexity index is 1190. The number of anilines is 2. The van der Waals surface area contributed by atoms with E-state index in [2.05, 4.69) is 19.5 Å². The van der Waals surface area contributed by atoms with Crippen molar-refractivity contribution < 1.29 is 25.3 Å². The van der Waals surface area contributed by atoms with Gasteiger partial charge in [-0.3, -0.25) is 4.72 Å². The second-order valence-electron chi connectivity index (χ2n) is 5.45. The van der Waals surface area contributed by atoms with Gasteiger partial charge in [0.05, 0.1) is 26.1 Å². The molecule has 0 aliphatic rings. The monoisotopic (exact) mass is 448 g/mol. The lowest BCUT2D eigenvalue weighted by Gasteiger charge is -2.14. The molecule has 154 valence electrons. The second kappa shape index (κ2) is 8.05. The van der Waals surface area contributed by atoms with Gasteiger partial charge in [-0.05, 0) is 50.5 Å². The summed E-state index contributed by atoms with van der Waals surface area (Å²) in [5.41, 5.74) is 0.318. The molecule has 0 aliphatic carbocycles. The van der Waals surface area contributed by atoms with E-state index in [1.807, 2.05) is 0 Å². The summed E-state index contributed by atoms with van der Waals surface area (Å²) in [6.45, 7) is 0. The van der Waals surface area contributed by atoms with Gasteiger partial charge in [-0.25, -0.2) is 34.7 Å². The van der Waals surface area contributed by atoms with Crippen LogP contribution in [0.25, 0.3) is 0 Å². The number of nitrogens with one attached hydrogen (secondary N) is 4. The molecule has 0 saturated carbocycles. The fourth-order valence-electron chi connectivity index (χ4n) is 2.24. The normalized spacial score (nSPS) is 12.5. The van der Waals surface area contributed by atoms with E-state index in [4.69, 9.17) is 0 Å². The summed E-state index contributed by atoms with van der Waals surface area (Å²) in [6, 6.07) is 8.65. The molecule has 2 aromatic rings. The van der Waals surface area contributed by atoms with Crippen LogP contribution in [0.4, 0.5) is 11.4 Å². The van der Waals surface area contributed by atoms with Gasteiger partial charge in [0, 0.05) is 7.05 Å². The molecule has 0 fully saturated rings. The summed E-state index contributed by atoms with van der Waals surface area (Å²) in [5.74, 6) is 0. The van der Waals surface area contributed by atoms with Crippen molar-refractivity contribution in [3.05, 3.63) is 42.5 Å². The summed E-state index contributed by atoms with van der Waals surface area (Å²) in [4.78, 5) is -0.663. The van der Waals surface area contributed by atoms with Crippen LogP contribution in [-0.4, -0.2) is 46.4 Å². The van der Waals surface area contributed by atoms with E-state index in [0.29, 0.717) is 5.69 Å². The van der Waals surface area contributed by atoms with Crippen molar-refractivity contribution in [3.63, 3.8) is 0 Å². The van der Waals surface area contributed by atoms with Crippen LogP contribution < -0.4 is 19.5 Å². The molecule has 0 saturated heterocycles. The highest BCUT2D eigenvalue weighted by Gasteiger charge is 2.21. The molecule has 4 N–H and O–H groups in total. The van der Waals surface area contributed by atoms with Crippen LogP contribution in [-0.2, 0) is 30.1 Å². The molecule has 0 aliphatic heterocycles. The zero-order chi connectivity index (χ0) is 21.2. The van der Waals surface area contributed by atoms with Crippen molar-refractivity contribution >= 4 is 41.4 Å². The molecule has 0 aromatic heterocycles. The molecular formula is C15H20N4O6S3. The number of hydrogen-bond acceptors (Lipinski definition) is 7. The summed E-state index contributed by atoms with van der Waals surface area (Å²) in [5, 5.41) is 2.76. The van der Waals surface area contributed by atoms with Crippen molar-refractivity contribution in [2.75, 3.05) is 31.2 Å². The van der Waals surface area contributed by atoms with E-state index >= 15 is 0 Å². The number of hydrogen-bond donors (Lipinski definition) is 4. The molecule has 0 bridgehead atoms. The Kier molecular flexibility index (Phi) is 6.35. The third-order valence-electron chi connectivity index (χ3n) is 3.78. The second-order valence-corrected chi connectivity index (χ2v) is 10.9. The first-order chi connectivity index (χ1) is 13.0. The van der Waals surface area contributed by atoms with Crippen molar-refractivity contribution in [1.82, 2.24) is 9.44 Å². The molecule has 0 heterocycles. The molecule has 13 heteroatoms. The van der Waals surface area contributed by atoms with Crippen LogP contribution in [0, 0.1) is 0 Å². The standard InChI is InChI=1S/C15H20N4O6S3/c1-16-14-8-7-13(27(22,23)18-3)10-15(14)19-28(24,25)12-6-4-5-11(9-12)26(20,21)17-2/h4-10,16-19H,1-3H3. The molecule has 0 spiro atoms. The molecule has 10 nitrogen and oxygen atoms in total. The topological polar surface area (TPSA) is 151 Å². The van der Waals surface area contributed by atoms with Crippen molar-refractivity contribution in [3.8, 4) is 0 Å². The minimum Gasteiger partial charge on any atom is -0.386 e. The molecule has 0 radical (unpaired) electrons. The molecule has 2 aromatic carbocycles. The third-order valence-corrected chi connectivity index (χ3v) is 7.97. The lowest BCUT2D eigenvalue weighted by molar-refractivity contribution is 0.586. The SMILES string of the molecule is CNc1ccc(S(=O)(=O)NC)cc1NS(=O)(=O)c1cccc(S(=O)(=O)NC)c1. The summed E-state index contributed by atoms with van der Waals surface area (Å²) < 4.78 is 79.9. The van der Waals surface area contributed by atoms with Crippen LogP contribution in [0.15, 0.2) is 57.2 Å². The number of benzene rings is 2. The van der Waals surface area contributed by atoms with Gasteiger partial charge in [0.1, 0.15) is 0 Å². The van der Waals surface area contributed by atoms with E-state index in [0.717, 1.165) is 12.1 Å². The van der Waals surface area contributed by atoms with E-state index in [1.54, 1.807) is 7.05 Å². The number of sulfonamides is 3. The average molecular weight is 449 g/mol. The largest absolute Gasteiger partial charge is 0.386 e. The first-order valence-electron chi connectivity index (χ1n) is 7.78. The average Bonchev–Trinajstić information content (AvgIpc) is 2.67. The Morgan fingerprint density at radius 1 is 0.607 bits per heavy atom. The molecule has 0 atom stereocenters. The van der Waals surface area contributed by atoms with Gasteiger partial charge in [-0.15, -0.1) is 0 Å². The quantitative estimate of drug-likeness (QED) is 0.455. The Morgan fingerprint density at radius 3 is 1.61 bits per heavy atom. The first kappa shape index (κ1) is 22.1. The minimum atomic E-state index is -4.20. The predicted molar refractivity (Wildman–Crippen MR) is 106 cm³/mol. The van der Waals surface area contributed by atoms with Gasteiger partial charge in [0.2, 0.25) is 20.0 Å². The van der Waals surface area contributed by atoms with E-state index in [1.165, 1.54) is 44.4 Å². The van der Waals surface area contributed by atoms with Crippen molar-refractivity contribution in [2.45, 2.75) is 14.7 Å². The van der Waals surface area contributed by atoms with Crippen LogP contribution in [0.2, 0.25) is 0 Å². The Hall–Kier alpha value is -2.19. The summed E-state index contributed by atoms with van der Waals surface area (Å²) in [7, 11) is -7.85. The van der Waals surface area contributed by atoms with Gasteiger partial charge in [0.25, 0.3) is 10.0 Å². The van der Waals surface area contributed by atoms with Gasteiger partial charge < -0.3 is 5.32 Å². The maximum absolute atomic E-state index is 12.7. The summed E-state index contributed by atoms with van der Waals surface area (Å²) >= 11 is 0. The summed E-state index contributed by atoms with van der Waals surface area (Å²) in [6.07, 6.45) is 0. The lowest BCUT2D eigenvalue weighted by atomic mass is 10.3. The zero-order valence-corrected chi connectivity index (χ0v) is 17.7. The Morgan fingerprint density at radius 2 is 1.11 bits per heavy atom. The fourth-order valence-corrected chi connectivity index (χ4v) is 4.96. The van der Waals surface area contributed by atoms with Crippen molar-refractivity contribution in [2.24, 2.45) is 0 Å². The molecular weight excluding hydrogens is 428 g/mol. The molecule has 2 rings (SSSR count). The highest BCUT2D eigenvalue weighted by atomic mass is 32.2. The first-order valence-corrected chi connectivity index (χ1v) is 12.2. The van der Waals surface area contributed by atoms with Crippen LogP contribution >= 0.6 is 0 Å². The Balaban J connectivity index is 2.53. The third kappa shape index (κ3) is 4.62. The van der Waals surface area contributed by atoms with Gasteiger partial charge in [-0.2, -0.15) is 0 Å². The smallest absolute Gasteiger partial charge is 0.262 e. The maximum atomic E-state index is 12.7. The van der Waals surface area contributed by atoms with Gasteiger partial charge >= 0.3 is 0 Å². The minimum absolute atomic E-state index is 0.0132. The van der Waals surface area contributed by atoms with Crippen molar-refractivity contribution in [1.29, 1.82) is 0 Å². The van der Waals surface area contributed by atoms with Gasteiger partial charge in [-0.1, -0.05) is 6.07 Å². The zero-order valence-electron chi connectivity index (χ0n) is 15.2. The van der Waals surface area contributed by atoms with Crippen LogP contribution in [0.1, 0.15) is 0 Å². The predicted octanol–water partition coefficient (Wildman–Crippen LogP) is 0.345. The maximum Gasteiger partial charge on any atom is 0.262 e. The molecule has 28 heavy (non-hydrogen) atoms. The molecule has 0 unspecified atom stereocenters. The van der Waals surface area contributed by atoms with Crippen LogP contribution in [0.3, 0.4) is 0 Å². The molecule has 0 amide bonds. The highest BCUT2D eigenvalue weighted by molar-refractivity contribution is 7.93. The highest BCUT2D eigenvalue weighted by Crippen LogP contribution is 2.28. The number of rotatable bonds is 8. The van der Waals surface area contributed by atoms with Gasteiger partial charge in [0.15, 0.2) is 0 Å².